The van der Waals surface area contributed by atoms with E-state index in [0.29, 0.717) is 19.4 Å². The average molecular weight is 339 g/mol. The summed E-state index contributed by atoms with van der Waals surface area (Å²) in [5.41, 5.74) is 1.00. The molecular formula is C15H21N3O4S. The van der Waals surface area contributed by atoms with E-state index in [1.807, 2.05) is 12.1 Å². The van der Waals surface area contributed by atoms with E-state index in [0.717, 1.165) is 18.2 Å². The lowest BCUT2D eigenvalue weighted by Crippen LogP contribution is -2.70. The van der Waals surface area contributed by atoms with Crippen LogP contribution in [0.1, 0.15) is 18.4 Å². The van der Waals surface area contributed by atoms with Gasteiger partial charge in [0.25, 0.3) is 0 Å². The number of carbonyl (C=O) groups is 1. The molecule has 3 rings (SSSR count). The van der Waals surface area contributed by atoms with Crippen molar-refractivity contribution < 1.29 is 17.9 Å². The molecule has 2 aliphatic rings. The van der Waals surface area contributed by atoms with Gasteiger partial charge in [-0.1, -0.05) is 6.07 Å². The first kappa shape index (κ1) is 16.4. The minimum Gasteiger partial charge on any atom is -0.376 e. The van der Waals surface area contributed by atoms with E-state index in [2.05, 4.69) is 15.0 Å². The molecule has 0 radical (unpaired) electrons. The molecule has 1 aliphatic carbocycles. The van der Waals surface area contributed by atoms with E-state index in [-0.39, 0.29) is 30.0 Å². The molecule has 7 nitrogen and oxygen atoms in total. The Labute approximate surface area is 135 Å². The number of sulfonamides is 1. The van der Waals surface area contributed by atoms with E-state index in [1.54, 1.807) is 12.4 Å². The zero-order chi connectivity index (χ0) is 16.4. The summed E-state index contributed by atoms with van der Waals surface area (Å²) >= 11 is 0. The summed E-state index contributed by atoms with van der Waals surface area (Å²) in [6.07, 6.45) is 6.24. The SMILES string of the molecule is CS(=O)(=O)N[C@@H]1[C@@H](NC(=O)CCc2cccnc2)[C@H]2CCO[C@H]21. The van der Waals surface area contributed by atoms with Crippen LogP contribution in [0.25, 0.3) is 0 Å². The highest BCUT2D eigenvalue weighted by molar-refractivity contribution is 7.88. The number of hydrogen-bond donors (Lipinski definition) is 2. The maximum absolute atomic E-state index is 12.2. The zero-order valence-electron chi connectivity index (χ0n) is 12.9. The Bertz CT molecular complexity index is 665. The highest BCUT2D eigenvalue weighted by atomic mass is 32.2. The molecule has 1 aliphatic heterocycles. The van der Waals surface area contributed by atoms with Gasteiger partial charge < -0.3 is 10.1 Å². The Balaban J connectivity index is 1.56. The molecule has 2 fully saturated rings. The fraction of sp³-hybridized carbons (Fsp3) is 0.600. The summed E-state index contributed by atoms with van der Waals surface area (Å²) in [5.74, 6) is 0.112. The normalized spacial score (nSPS) is 29.6. The zero-order valence-corrected chi connectivity index (χ0v) is 13.8. The number of pyridine rings is 1. The van der Waals surface area contributed by atoms with Crippen molar-refractivity contribution in [1.29, 1.82) is 0 Å². The van der Waals surface area contributed by atoms with Crippen molar-refractivity contribution >= 4 is 15.9 Å². The number of carbonyl (C=O) groups excluding carboxylic acids is 1. The molecule has 2 heterocycles. The van der Waals surface area contributed by atoms with Gasteiger partial charge in [-0.25, -0.2) is 13.1 Å². The van der Waals surface area contributed by atoms with Gasteiger partial charge in [0.15, 0.2) is 0 Å². The standard InChI is InChI=1S/C15H21N3O4S/c1-23(20,21)18-14-13(11-6-8-22-15(11)14)17-12(19)5-4-10-3-2-7-16-9-10/h2-3,7,9,11,13-15,18H,4-6,8H2,1H3,(H,17,19)/t11-,13+,14-,15-/m1/s1. The molecule has 1 saturated heterocycles. The summed E-state index contributed by atoms with van der Waals surface area (Å²) in [4.78, 5) is 16.2. The first-order chi connectivity index (χ1) is 10.9. The lowest BCUT2D eigenvalue weighted by atomic mass is 9.72. The fourth-order valence-corrected chi connectivity index (χ4v) is 4.13. The Morgan fingerprint density at radius 3 is 2.96 bits per heavy atom. The molecule has 0 spiro atoms. The summed E-state index contributed by atoms with van der Waals surface area (Å²) in [6.45, 7) is 0.610. The number of aromatic nitrogens is 1. The van der Waals surface area contributed by atoms with E-state index in [9.17, 15) is 13.2 Å². The number of fused-ring (bicyclic) bond motifs is 1. The molecule has 126 valence electrons. The van der Waals surface area contributed by atoms with Crippen LogP contribution in [0.5, 0.6) is 0 Å². The van der Waals surface area contributed by atoms with Crippen LogP contribution in [0.4, 0.5) is 0 Å². The lowest BCUT2D eigenvalue weighted by Gasteiger charge is -2.47. The third-order valence-corrected chi connectivity index (χ3v) is 5.13. The number of hydrogen-bond acceptors (Lipinski definition) is 5. The first-order valence-electron chi connectivity index (χ1n) is 7.71. The van der Waals surface area contributed by atoms with Crippen LogP contribution < -0.4 is 10.0 Å². The Kier molecular flexibility index (Phi) is 4.65. The predicted octanol–water partition coefficient (Wildman–Crippen LogP) is -0.164. The van der Waals surface area contributed by atoms with Crippen molar-refractivity contribution in [2.24, 2.45) is 5.92 Å². The fourth-order valence-electron chi connectivity index (χ4n) is 3.35. The second kappa shape index (κ2) is 6.54. The number of nitrogens with zero attached hydrogens (tertiary/aromatic N) is 1. The van der Waals surface area contributed by atoms with Gasteiger partial charge in [-0.3, -0.25) is 9.78 Å². The molecule has 2 N–H and O–H groups in total. The number of rotatable bonds is 6. The smallest absolute Gasteiger partial charge is 0.220 e. The maximum Gasteiger partial charge on any atom is 0.220 e. The van der Waals surface area contributed by atoms with E-state index >= 15 is 0 Å². The maximum atomic E-state index is 12.2. The summed E-state index contributed by atoms with van der Waals surface area (Å²) in [6, 6.07) is 3.20. The minimum atomic E-state index is -3.34. The quantitative estimate of drug-likeness (QED) is 0.750. The summed E-state index contributed by atoms with van der Waals surface area (Å²) in [5, 5.41) is 2.96. The van der Waals surface area contributed by atoms with Crippen LogP contribution in [-0.4, -0.2) is 50.4 Å². The molecule has 1 saturated carbocycles. The number of ether oxygens (including phenoxy) is 1. The molecule has 4 atom stereocenters. The second-order valence-electron chi connectivity index (χ2n) is 6.16. The van der Waals surface area contributed by atoms with E-state index in [1.165, 1.54) is 0 Å². The Morgan fingerprint density at radius 1 is 1.43 bits per heavy atom. The van der Waals surface area contributed by atoms with Crippen molar-refractivity contribution in [3.63, 3.8) is 0 Å². The van der Waals surface area contributed by atoms with Crippen molar-refractivity contribution in [3.05, 3.63) is 30.1 Å². The monoisotopic (exact) mass is 339 g/mol. The Morgan fingerprint density at radius 2 is 2.26 bits per heavy atom. The number of amides is 1. The van der Waals surface area contributed by atoms with Gasteiger partial charge >= 0.3 is 0 Å². The van der Waals surface area contributed by atoms with Crippen molar-refractivity contribution in [1.82, 2.24) is 15.0 Å². The third kappa shape index (κ3) is 3.88. The number of nitrogens with one attached hydrogen (secondary N) is 2. The van der Waals surface area contributed by atoms with Crippen LogP contribution in [0.2, 0.25) is 0 Å². The van der Waals surface area contributed by atoms with Gasteiger partial charge in [0.05, 0.1) is 24.4 Å². The molecule has 1 amide bonds. The lowest BCUT2D eigenvalue weighted by molar-refractivity contribution is -0.125. The first-order valence-corrected chi connectivity index (χ1v) is 9.60. The van der Waals surface area contributed by atoms with Gasteiger partial charge in [0.1, 0.15) is 0 Å². The molecule has 23 heavy (non-hydrogen) atoms. The molecular weight excluding hydrogens is 318 g/mol. The van der Waals surface area contributed by atoms with Crippen LogP contribution in [-0.2, 0) is 26.0 Å². The van der Waals surface area contributed by atoms with Gasteiger partial charge in [0, 0.05) is 31.3 Å². The van der Waals surface area contributed by atoms with Crippen molar-refractivity contribution in [2.45, 2.75) is 37.5 Å². The topological polar surface area (TPSA) is 97.4 Å². The van der Waals surface area contributed by atoms with Crippen LogP contribution in [0.3, 0.4) is 0 Å². The summed E-state index contributed by atoms with van der Waals surface area (Å²) in [7, 11) is -3.34. The second-order valence-corrected chi connectivity index (χ2v) is 7.94. The van der Waals surface area contributed by atoms with Gasteiger partial charge in [0.2, 0.25) is 15.9 Å². The third-order valence-electron chi connectivity index (χ3n) is 4.43. The highest BCUT2D eigenvalue weighted by Crippen LogP contribution is 2.39. The van der Waals surface area contributed by atoms with Crippen LogP contribution in [0, 0.1) is 5.92 Å². The summed E-state index contributed by atoms with van der Waals surface area (Å²) < 4.78 is 31.1. The van der Waals surface area contributed by atoms with Gasteiger partial charge in [-0.2, -0.15) is 0 Å². The molecule has 0 unspecified atom stereocenters. The average Bonchev–Trinajstić information content (AvgIpc) is 2.93. The predicted molar refractivity (Wildman–Crippen MR) is 84.1 cm³/mol. The molecule has 1 aromatic heterocycles. The molecule has 0 bridgehead atoms. The van der Waals surface area contributed by atoms with Gasteiger partial charge in [-0.05, 0) is 24.5 Å². The minimum absolute atomic E-state index is 0.0792. The van der Waals surface area contributed by atoms with Gasteiger partial charge in [-0.15, -0.1) is 0 Å². The highest BCUT2D eigenvalue weighted by Gasteiger charge is 2.55. The van der Waals surface area contributed by atoms with Crippen LogP contribution in [0.15, 0.2) is 24.5 Å². The van der Waals surface area contributed by atoms with E-state index in [4.69, 9.17) is 4.74 Å². The number of aryl methyl sites for hydroxylation is 1. The van der Waals surface area contributed by atoms with Crippen LogP contribution >= 0.6 is 0 Å². The Hall–Kier alpha value is -1.51. The largest absolute Gasteiger partial charge is 0.376 e. The molecule has 8 heteroatoms. The van der Waals surface area contributed by atoms with Crippen molar-refractivity contribution in [2.75, 3.05) is 12.9 Å². The van der Waals surface area contributed by atoms with E-state index < -0.39 is 10.0 Å². The molecule has 0 aromatic carbocycles. The molecule has 1 aromatic rings. The van der Waals surface area contributed by atoms with Crippen molar-refractivity contribution in [3.8, 4) is 0 Å².